The number of H-pyrrole nitrogens is 1. The van der Waals surface area contributed by atoms with Crippen molar-refractivity contribution in [2.45, 2.75) is 19.0 Å². The highest BCUT2D eigenvalue weighted by Crippen LogP contribution is 2.18. The maximum absolute atomic E-state index is 12.2. The van der Waals surface area contributed by atoms with Gasteiger partial charge in [-0.25, -0.2) is 4.98 Å². The lowest BCUT2D eigenvalue weighted by atomic mass is 10.0. The van der Waals surface area contributed by atoms with Crippen LogP contribution in [0.15, 0.2) is 30.6 Å². The van der Waals surface area contributed by atoms with Crippen LogP contribution in [0.1, 0.15) is 11.4 Å². The molecule has 1 aliphatic rings. The topological polar surface area (TPSA) is 79.0 Å². The second kappa shape index (κ2) is 5.34. The first-order valence-electron chi connectivity index (χ1n) is 6.45. The summed E-state index contributed by atoms with van der Waals surface area (Å²) in [6.45, 7) is 0.630. The van der Waals surface area contributed by atoms with Gasteiger partial charge in [0, 0.05) is 24.7 Å². The zero-order valence-electron chi connectivity index (χ0n) is 11.1. The number of amides is 1. The number of anilines is 1. The largest absolute Gasteiger partial charge is 0.497 e. The van der Waals surface area contributed by atoms with E-state index in [9.17, 15) is 4.79 Å². The third-order valence-corrected chi connectivity index (χ3v) is 3.38. The Balaban J connectivity index is 1.68. The van der Waals surface area contributed by atoms with Gasteiger partial charge in [0.2, 0.25) is 5.91 Å². The molecule has 0 aliphatic carbocycles. The SMILES string of the molecule is COc1cccc(NC(=O)C2Cc3nc[nH]c3CN2)c1. The highest BCUT2D eigenvalue weighted by molar-refractivity contribution is 5.95. The number of imidazole rings is 1. The van der Waals surface area contributed by atoms with Crippen molar-refractivity contribution in [2.75, 3.05) is 12.4 Å². The molecule has 104 valence electrons. The molecule has 6 nitrogen and oxygen atoms in total. The number of aromatic amines is 1. The van der Waals surface area contributed by atoms with Crippen LogP contribution in [0.5, 0.6) is 5.75 Å². The van der Waals surface area contributed by atoms with E-state index in [1.54, 1.807) is 19.5 Å². The molecular weight excluding hydrogens is 256 g/mol. The fraction of sp³-hybridized carbons (Fsp3) is 0.286. The maximum atomic E-state index is 12.2. The smallest absolute Gasteiger partial charge is 0.241 e. The molecule has 0 saturated carbocycles. The van der Waals surface area contributed by atoms with E-state index in [-0.39, 0.29) is 11.9 Å². The van der Waals surface area contributed by atoms with E-state index in [1.807, 2.05) is 18.2 Å². The summed E-state index contributed by atoms with van der Waals surface area (Å²) < 4.78 is 5.14. The van der Waals surface area contributed by atoms with Crippen LogP contribution in [0.4, 0.5) is 5.69 Å². The number of rotatable bonds is 3. The van der Waals surface area contributed by atoms with Gasteiger partial charge in [0.05, 0.1) is 30.9 Å². The van der Waals surface area contributed by atoms with Gasteiger partial charge in [-0.05, 0) is 12.1 Å². The van der Waals surface area contributed by atoms with E-state index in [0.29, 0.717) is 18.7 Å². The Kier molecular flexibility index (Phi) is 3.39. The van der Waals surface area contributed by atoms with Crippen LogP contribution in [0.2, 0.25) is 0 Å². The summed E-state index contributed by atoms with van der Waals surface area (Å²) in [5, 5.41) is 6.09. The highest BCUT2D eigenvalue weighted by atomic mass is 16.5. The minimum atomic E-state index is -0.267. The second-order valence-electron chi connectivity index (χ2n) is 4.69. The third kappa shape index (κ3) is 2.50. The van der Waals surface area contributed by atoms with Crippen molar-refractivity contribution >= 4 is 11.6 Å². The van der Waals surface area contributed by atoms with Crippen molar-refractivity contribution in [3.05, 3.63) is 42.0 Å². The number of hydrogen-bond donors (Lipinski definition) is 3. The fourth-order valence-corrected chi connectivity index (χ4v) is 2.28. The highest BCUT2D eigenvalue weighted by Gasteiger charge is 2.25. The Labute approximate surface area is 116 Å². The Morgan fingerprint density at radius 2 is 2.40 bits per heavy atom. The Morgan fingerprint density at radius 1 is 1.50 bits per heavy atom. The number of benzene rings is 1. The Bertz CT molecular complexity index is 623. The van der Waals surface area contributed by atoms with Crippen molar-refractivity contribution in [1.29, 1.82) is 0 Å². The second-order valence-corrected chi connectivity index (χ2v) is 4.69. The molecule has 0 spiro atoms. The number of methoxy groups -OCH3 is 1. The number of nitrogens with zero attached hydrogens (tertiary/aromatic N) is 1. The van der Waals surface area contributed by atoms with Crippen LogP contribution in [0.25, 0.3) is 0 Å². The number of fused-ring (bicyclic) bond motifs is 1. The first-order chi connectivity index (χ1) is 9.76. The molecule has 3 rings (SSSR count). The maximum Gasteiger partial charge on any atom is 0.241 e. The van der Waals surface area contributed by atoms with E-state index in [1.165, 1.54) is 0 Å². The number of carbonyl (C=O) groups excluding carboxylic acids is 1. The minimum Gasteiger partial charge on any atom is -0.497 e. The van der Waals surface area contributed by atoms with E-state index in [0.717, 1.165) is 17.1 Å². The van der Waals surface area contributed by atoms with Gasteiger partial charge < -0.3 is 15.0 Å². The average Bonchev–Trinajstić information content (AvgIpc) is 2.94. The van der Waals surface area contributed by atoms with Crippen molar-refractivity contribution in [3.63, 3.8) is 0 Å². The molecule has 6 heteroatoms. The summed E-state index contributed by atoms with van der Waals surface area (Å²) in [6.07, 6.45) is 2.25. The fourth-order valence-electron chi connectivity index (χ4n) is 2.28. The summed E-state index contributed by atoms with van der Waals surface area (Å²) in [4.78, 5) is 19.5. The summed E-state index contributed by atoms with van der Waals surface area (Å²) in [7, 11) is 1.60. The van der Waals surface area contributed by atoms with Gasteiger partial charge in [-0.1, -0.05) is 6.07 Å². The van der Waals surface area contributed by atoms with E-state index >= 15 is 0 Å². The van der Waals surface area contributed by atoms with Gasteiger partial charge in [0.25, 0.3) is 0 Å². The standard InChI is InChI=1S/C14H16N4O2/c1-20-10-4-2-3-9(5-10)18-14(19)12-6-11-13(7-15-12)17-8-16-11/h2-5,8,12,15H,6-7H2,1H3,(H,16,17)(H,18,19). The van der Waals surface area contributed by atoms with Crippen LogP contribution < -0.4 is 15.4 Å². The number of carbonyl (C=O) groups is 1. The van der Waals surface area contributed by atoms with Crippen molar-refractivity contribution < 1.29 is 9.53 Å². The van der Waals surface area contributed by atoms with Crippen LogP contribution in [0.3, 0.4) is 0 Å². The summed E-state index contributed by atoms with van der Waals surface area (Å²) in [6, 6.07) is 7.04. The Morgan fingerprint density at radius 3 is 3.25 bits per heavy atom. The van der Waals surface area contributed by atoms with Gasteiger partial charge in [0.1, 0.15) is 5.75 Å². The van der Waals surface area contributed by atoms with E-state index in [2.05, 4.69) is 20.6 Å². The average molecular weight is 272 g/mol. The van der Waals surface area contributed by atoms with Crippen molar-refractivity contribution in [3.8, 4) is 5.75 Å². The molecule has 0 fully saturated rings. The predicted molar refractivity (Wildman–Crippen MR) is 74.5 cm³/mol. The molecule has 0 saturated heterocycles. The van der Waals surface area contributed by atoms with E-state index < -0.39 is 0 Å². The molecule has 1 amide bonds. The van der Waals surface area contributed by atoms with Gasteiger partial charge in [-0.3, -0.25) is 10.1 Å². The number of nitrogens with one attached hydrogen (secondary N) is 3. The molecule has 0 bridgehead atoms. The Hall–Kier alpha value is -2.34. The van der Waals surface area contributed by atoms with Crippen molar-refractivity contribution in [1.82, 2.24) is 15.3 Å². The quantitative estimate of drug-likeness (QED) is 0.781. The molecule has 2 heterocycles. The molecule has 1 aromatic heterocycles. The van der Waals surface area contributed by atoms with Gasteiger partial charge >= 0.3 is 0 Å². The van der Waals surface area contributed by atoms with Crippen LogP contribution in [-0.2, 0) is 17.8 Å². The molecule has 0 radical (unpaired) electrons. The number of ether oxygens (including phenoxy) is 1. The molecule has 3 N–H and O–H groups in total. The molecule has 1 atom stereocenters. The van der Waals surface area contributed by atoms with Gasteiger partial charge in [-0.15, -0.1) is 0 Å². The normalized spacial score (nSPS) is 17.4. The first kappa shape index (κ1) is 12.7. The number of aromatic nitrogens is 2. The monoisotopic (exact) mass is 272 g/mol. The van der Waals surface area contributed by atoms with Crippen LogP contribution in [-0.4, -0.2) is 29.0 Å². The molecule has 1 aliphatic heterocycles. The summed E-state index contributed by atoms with van der Waals surface area (Å²) >= 11 is 0. The van der Waals surface area contributed by atoms with Gasteiger partial charge in [0.15, 0.2) is 0 Å². The molecule has 2 aromatic rings. The molecular formula is C14H16N4O2. The lowest BCUT2D eigenvalue weighted by molar-refractivity contribution is -0.118. The summed E-state index contributed by atoms with van der Waals surface area (Å²) in [5.41, 5.74) is 2.73. The van der Waals surface area contributed by atoms with Gasteiger partial charge in [-0.2, -0.15) is 0 Å². The molecule has 1 aromatic carbocycles. The number of hydrogen-bond acceptors (Lipinski definition) is 4. The lowest BCUT2D eigenvalue weighted by Crippen LogP contribution is -2.44. The van der Waals surface area contributed by atoms with Crippen molar-refractivity contribution in [2.24, 2.45) is 0 Å². The third-order valence-electron chi connectivity index (χ3n) is 3.38. The zero-order chi connectivity index (χ0) is 13.9. The minimum absolute atomic E-state index is 0.0631. The summed E-state index contributed by atoms with van der Waals surface area (Å²) in [5.74, 6) is 0.654. The van der Waals surface area contributed by atoms with Crippen LogP contribution in [0, 0.1) is 0 Å². The van der Waals surface area contributed by atoms with Crippen LogP contribution >= 0.6 is 0 Å². The predicted octanol–water partition coefficient (Wildman–Crippen LogP) is 1.07. The lowest BCUT2D eigenvalue weighted by Gasteiger charge is -2.22. The first-order valence-corrected chi connectivity index (χ1v) is 6.45. The zero-order valence-corrected chi connectivity index (χ0v) is 11.1. The molecule has 20 heavy (non-hydrogen) atoms. The molecule has 1 unspecified atom stereocenters. The van der Waals surface area contributed by atoms with E-state index in [4.69, 9.17) is 4.74 Å².